The molecule has 1 aliphatic heterocycles. The average Bonchev–Trinajstić information content (AvgIpc) is 2.37. The van der Waals surface area contributed by atoms with E-state index in [9.17, 15) is 0 Å². The van der Waals surface area contributed by atoms with Crippen LogP contribution in [0.5, 0.6) is 0 Å². The Balaban J connectivity index is 2.30. The fourth-order valence-corrected chi connectivity index (χ4v) is 1.98. The lowest BCUT2D eigenvalue weighted by Gasteiger charge is -2.26. The van der Waals surface area contributed by atoms with Gasteiger partial charge in [0.1, 0.15) is 0 Å². The zero-order valence-electron chi connectivity index (χ0n) is 8.29. The lowest BCUT2D eigenvalue weighted by molar-refractivity contribution is 0.212. The molecule has 0 saturated carbocycles. The number of likely N-dealkylation sites (N-methyl/N-ethyl adjacent to an activating group) is 1. The van der Waals surface area contributed by atoms with Crippen LogP contribution in [0, 0.1) is 0 Å². The molecule has 1 atom stereocenters. The highest BCUT2D eigenvalue weighted by atomic mass is 15.2. The lowest BCUT2D eigenvalue weighted by Crippen LogP contribution is -2.39. The predicted molar refractivity (Wildman–Crippen MR) is 52.2 cm³/mol. The molecule has 12 heavy (non-hydrogen) atoms. The second-order valence-electron chi connectivity index (χ2n) is 3.88. The van der Waals surface area contributed by atoms with Crippen molar-refractivity contribution in [2.24, 2.45) is 5.73 Å². The first-order chi connectivity index (χ1) is 5.74. The summed E-state index contributed by atoms with van der Waals surface area (Å²) in [7, 11) is 4.28. The van der Waals surface area contributed by atoms with Crippen LogP contribution in [0.2, 0.25) is 0 Å². The molecule has 2 N–H and O–H groups in total. The van der Waals surface area contributed by atoms with Crippen molar-refractivity contribution >= 4 is 0 Å². The largest absolute Gasteiger partial charge is 0.329 e. The van der Waals surface area contributed by atoms with Crippen molar-refractivity contribution < 1.29 is 0 Å². The molecule has 1 unspecified atom stereocenters. The molecule has 0 spiro atoms. The monoisotopic (exact) mass is 171 g/mol. The molecule has 72 valence electrons. The normalized spacial score (nSPS) is 25.5. The van der Waals surface area contributed by atoms with Crippen LogP contribution in [0.1, 0.15) is 12.8 Å². The van der Waals surface area contributed by atoms with Crippen molar-refractivity contribution in [1.82, 2.24) is 9.80 Å². The molecule has 0 amide bonds. The molecular weight excluding hydrogens is 150 g/mol. The lowest BCUT2D eigenvalue weighted by atomic mass is 10.2. The topological polar surface area (TPSA) is 32.5 Å². The number of likely N-dealkylation sites (tertiary alicyclic amines) is 1. The Morgan fingerprint density at radius 2 is 2.25 bits per heavy atom. The van der Waals surface area contributed by atoms with E-state index in [1.54, 1.807) is 0 Å². The summed E-state index contributed by atoms with van der Waals surface area (Å²) in [5.74, 6) is 0. The van der Waals surface area contributed by atoms with E-state index in [2.05, 4.69) is 23.9 Å². The first-order valence-corrected chi connectivity index (χ1v) is 4.83. The molecule has 1 saturated heterocycles. The van der Waals surface area contributed by atoms with Crippen LogP contribution in [0.25, 0.3) is 0 Å². The summed E-state index contributed by atoms with van der Waals surface area (Å²) in [6.45, 7) is 4.29. The Hall–Kier alpha value is -0.120. The Morgan fingerprint density at radius 3 is 2.83 bits per heavy atom. The van der Waals surface area contributed by atoms with Gasteiger partial charge in [-0.2, -0.15) is 0 Å². The maximum Gasteiger partial charge on any atom is 0.0223 e. The summed E-state index contributed by atoms with van der Waals surface area (Å²) in [5, 5.41) is 0. The van der Waals surface area contributed by atoms with Crippen molar-refractivity contribution in [3.8, 4) is 0 Å². The molecule has 3 nitrogen and oxygen atoms in total. The number of nitrogens with zero attached hydrogens (tertiary/aromatic N) is 2. The standard InChI is InChI=1S/C9H21N3/c1-11(2)8-9-4-3-6-12(9)7-5-10/h9H,3-8,10H2,1-2H3. The maximum absolute atomic E-state index is 5.55. The second-order valence-corrected chi connectivity index (χ2v) is 3.88. The van der Waals surface area contributed by atoms with E-state index in [4.69, 9.17) is 5.73 Å². The predicted octanol–water partition coefficient (Wildman–Crippen LogP) is -0.0289. The van der Waals surface area contributed by atoms with Gasteiger partial charge in [-0.25, -0.2) is 0 Å². The Kier molecular flexibility index (Phi) is 3.98. The van der Waals surface area contributed by atoms with E-state index in [0.29, 0.717) is 0 Å². The molecule has 1 fully saturated rings. The zero-order valence-corrected chi connectivity index (χ0v) is 8.29. The molecule has 1 heterocycles. The highest BCUT2D eigenvalue weighted by molar-refractivity contribution is 4.80. The Bertz CT molecular complexity index is 125. The summed E-state index contributed by atoms with van der Waals surface area (Å²) >= 11 is 0. The number of nitrogens with two attached hydrogens (primary N) is 1. The van der Waals surface area contributed by atoms with Crippen LogP contribution in [0.3, 0.4) is 0 Å². The Morgan fingerprint density at radius 1 is 1.50 bits per heavy atom. The quantitative estimate of drug-likeness (QED) is 0.645. The summed E-state index contributed by atoms with van der Waals surface area (Å²) in [6.07, 6.45) is 2.69. The van der Waals surface area contributed by atoms with Crippen LogP contribution in [-0.2, 0) is 0 Å². The van der Waals surface area contributed by atoms with Gasteiger partial charge in [0.25, 0.3) is 0 Å². The van der Waals surface area contributed by atoms with Crippen molar-refractivity contribution in [1.29, 1.82) is 0 Å². The summed E-state index contributed by atoms with van der Waals surface area (Å²) in [6, 6.07) is 0.753. The van der Waals surface area contributed by atoms with Gasteiger partial charge in [0.15, 0.2) is 0 Å². The first kappa shape index (κ1) is 9.96. The third kappa shape index (κ3) is 2.73. The van der Waals surface area contributed by atoms with E-state index >= 15 is 0 Å². The summed E-state index contributed by atoms with van der Waals surface area (Å²) < 4.78 is 0. The van der Waals surface area contributed by atoms with E-state index in [-0.39, 0.29) is 0 Å². The van der Waals surface area contributed by atoms with E-state index in [1.165, 1.54) is 25.9 Å². The van der Waals surface area contributed by atoms with Gasteiger partial charge in [0, 0.05) is 25.7 Å². The van der Waals surface area contributed by atoms with Gasteiger partial charge in [-0.15, -0.1) is 0 Å². The molecule has 0 aromatic rings. The molecule has 0 aromatic heterocycles. The average molecular weight is 171 g/mol. The van der Waals surface area contributed by atoms with Crippen LogP contribution in [0.15, 0.2) is 0 Å². The van der Waals surface area contributed by atoms with E-state index < -0.39 is 0 Å². The Labute approximate surface area is 75.5 Å². The third-order valence-electron chi connectivity index (χ3n) is 2.49. The minimum Gasteiger partial charge on any atom is -0.329 e. The van der Waals surface area contributed by atoms with Gasteiger partial charge in [0.2, 0.25) is 0 Å². The second kappa shape index (κ2) is 4.80. The SMILES string of the molecule is CN(C)CC1CCCN1CCN. The minimum atomic E-state index is 0.753. The molecule has 0 aliphatic carbocycles. The molecule has 0 aromatic carbocycles. The van der Waals surface area contributed by atoms with Gasteiger partial charge in [0.05, 0.1) is 0 Å². The minimum absolute atomic E-state index is 0.753. The number of rotatable bonds is 4. The van der Waals surface area contributed by atoms with Crippen LogP contribution < -0.4 is 5.73 Å². The molecule has 0 bridgehead atoms. The summed E-state index contributed by atoms with van der Waals surface area (Å²) in [5.41, 5.74) is 5.55. The summed E-state index contributed by atoms with van der Waals surface area (Å²) in [4.78, 5) is 4.78. The van der Waals surface area contributed by atoms with Gasteiger partial charge >= 0.3 is 0 Å². The van der Waals surface area contributed by atoms with Gasteiger partial charge in [-0.1, -0.05) is 0 Å². The van der Waals surface area contributed by atoms with E-state index in [1.807, 2.05) is 0 Å². The van der Waals surface area contributed by atoms with Gasteiger partial charge < -0.3 is 10.6 Å². The van der Waals surface area contributed by atoms with Crippen LogP contribution in [-0.4, -0.2) is 56.1 Å². The van der Waals surface area contributed by atoms with Crippen LogP contribution >= 0.6 is 0 Å². The van der Waals surface area contributed by atoms with Crippen LogP contribution in [0.4, 0.5) is 0 Å². The number of hydrogen-bond donors (Lipinski definition) is 1. The first-order valence-electron chi connectivity index (χ1n) is 4.83. The smallest absolute Gasteiger partial charge is 0.0223 e. The highest BCUT2D eigenvalue weighted by Gasteiger charge is 2.23. The zero-order chi connectivity index (χ0) is 8.97. The van der Waals surface area contributed by atoms with Crippen molar-refractivity contribution in [2.75, 3.05) is 40.3 Å². The van der Waals surface area contributed by atoms with Crippen molar-refractivity contribution in [3.05, 3.63) is 0 Å². The van der Waals surface area contributed by atoms with Gasteiger partial charge in [-0.05, 0) is 33.5 Å². The molecule has 0 radical (unpaired) electrons. The highest BCUT2D eigenvalue weighted by Crippen LogP contribution is 2.16. The molecule has 1 aliphatic rings. The molecule has 3 heteroatoms. The number of hydrogen-bond acceptors (Lipinski definition) is 3. The van der Waals surface area contributed by atoms with Gasteiger partial charge in [-0.3, -0.25) is 4.90 Å². The third-order valence-corrected chi connectivity index (χ3v) is 2.49. The maximum atomic E-state index is 5.55. The molecule has 1 rings (SSSR count). The molecular formula is C9H21N3. The van der Waals surface area contributed by atoms with Crippen molar-refractivity contribution in [2.45, 2.75) is 18.9 Å². The van der Waals surface area contributed by atoms with Crippen molar-refractivity contribution in [3.63, 3.8) is 0 Å². The fourth-order valence-electron chi connectivity index (χ4n) is 1.98. The fraction of sp³-hybridized carbons (Fsp3) is 1.00. The van der Waals surface area contributed by atoms with E-state index in [0.717, 1.165) is 19.1 Å².